The molecule has 0 aromatic rings. The first-order chi connectivity index (χ1) is 7.15. The normalized spacial score (nSPS) is 16.5. The fourth-order valence-electron chi connectivity index (χ4n) is 1.87. The Kier molecular flexibility index (Phi) is 6.57. The van der Waals surface area contributed by atoms with Gasteiger partial charge in [0.1, 0.15) is 0 Å². The zero-order valence-electron chi connectivity index (χ0n) is 12.2. The van der Waals surface area contributed by atoms with Crippen molar-refractivity contribution in [2.45, 2.75) is 54.1 Å². The van der Waals surface area contributed by atoms with E-state index in [4.69, 9.17) is 0 Å². The van der Waals surface area contributed by atoms with Gasteiger partial charge in [0.05, 0.1) is 5.60 Å². The molecule has 0 saturated heterocycles. The Hall–Kier alpha value is -0.0800. The molecule has 0 spiro atoms. The number of hydrogen-bond donors (Lipinski definition) is 1. The summed E-state index contributed by atoms with van der Waals surface area (Å²) in [5.41, 5.74) is -0.580. The second-order valence-corrected chi connectivity index (χ2v) is 6.49. The van der Waals surface area contributed by atoms with Gasteiger partial charge in [0.2, 0.25) is 0 Å². The molecule has 1 N–H and O–H groups in total. The highest BCUT2D eigenvalue weighted by atomic mass is 16.3. The van der Waals surface area contributed by atoms with Crippen molar-refractivity contribution in [2.24, 2.45) is 17.8 Å². The number of nitrogens with zero attached hydrogens (tertiary/aromatic N) is 1. The summed E-state index contributed by atoms with van der Waals surface area (Å²) in [4.78, 5) is 2.40. The van der Waals surface area contributed by atoms with Crippen molar-refractivity contribution >= 4 is 0 Å². The molecule has 2 heteroatoms. The van der Waals surface area contributed by atoms with Gasteiger partial charge < -0.3 is 5.11 Å². The molecule has 16 heavy (non-hydrogen) atoms. The summed E-state index contributed by atoms with van der Waals surface area (Å²) >= 11 is 0. The molecule has 1 unspecified atom stereocenters. The van der Waals surface area contributed by atoms with Gasteiger partial charge in [0.15, 0.2) is 0 Å². The summed E-state index contributed by atoms with van der Waals surface area (Å²) in [6.07, 6.45) is 0. The molecule has 0 heterocycles. The van der Waals surface area contributed by atoms with Crippen molar-refractivity contribution in [2.75, 3.05) is 19.6 Å². The Morgan fingerprint density at radius 1 is 0.938 bits per heavy atom. The predicted molar refractivity (Wildman–Crippen MR) is 71.6 cm³/mol. The summed E-state index contributed by atoms with van der Waals surface area (Å²) in [5, 5.41) is 10.3. The van der Waals surface area contributed by atoms with Gasteiger partial charge in [-0.1, -0.05) is 41.5 Å². The maximum atomic E-state index is 10.3. The Balaban J connectivity index is 4.41. The molecule has 0 fully saturated rings. The van der Waals surface area contributed by atoms with E-state index in [1.807, 2.05) is 6.92 Å². The van der Waals surface area contributed by atoms with Crippen LogP contribution >= 0.6 is 0 Å². The van der Waals surface area contributed by atoms with Crippen LogP contribution in [-0.4, -0.2) is 35.2 Å². The maximum absolute atomic E-state index is 10.3. The highest BCUT2D eigenvalue weighted by Crippen LogP contribution is 2.19. The van der Waals surface area contributed by atoms with Crippen molar-refractivity contribution < 1.29 is 5.11 Å². The summed E-state index contributed by atoms with van der Waals surface area (Å²) < 4.78 is 0. The minimum absolute atomic E-state index is 0.300. The van der Waals surface area contributed by atoms with Gasteiger partial charge in [0.25, 0.3) is 0 Å². The zero-order chi connectivity index (χ0) is 12.9. The molecule has 0 aromatic carbocycles. The van der Waals surface area contributed by atoms with Crippen LogP contribution in [0.25, 0.3) is 0 Å². The zero-order valence-corrected chi connectivity index (χ0v) is 12.2. The van der Waals surface area contributed by atoms with E-state index in [0.717, 1.165) is 19.6 Å². The van der Waals surface area contributed by atoms with Gasteiger partial charge in [-0.2, -0.15) is 0 Å². The molecular weight excluding hydrogens is 198 g/mol. The van der Waals surface area contributed by atoms with E-state index in [0.29, 0.717) is 17.8 Å². The summed E-state index contributed by atoms with van der Waals surface area (Å²) in [6.45, 7) is 18.0. The maximum Gasteiger partial charge on any atom is 0.0768 e. The lowest BCUT2D eigenvalue weighted by atomic mass is 9.91. The van der Waals surface area contributed by atoms with Gasteiger partial charge in [-0.25, -0.2) is 0 Å². The van der Waals surface area contributed by atoms with E-state index in [9.17, 15) is 5.11 Å². The third-order valence-electron chi connectivity index (χ3n) is 3.03. The van der Waals surface area contributed by atoms with Crippen molar-refractivity contribution in [3.05, 3.63) is 0 Å². The van der Waals surface area contributed by atoms with Crippen LogP contribution in [0.15, 0.2) is 0 Å². The predicted octanol–water partition coefficient (Wildman–Crippen LogP) is 3.01. The van der Waals surface area contributed by atoms with Crippen LogP contribution in [0.2, 0.25) is 0 Å². The minimum atomic E-state index is -0.580. The molecule has 0 saturated carbocycles. The third kappa shape index (κ3) is 6.49. The highest BCUT2D eigenvalue weighted by molar-refractivity contribution is 4.81. The van der Waals surface area contributed by atoms with Gasteiger partial charge in [-0.3, -0.25) is 4.90 Å². The molecule has 0 aliphatic rings. The monoisotopic (exact) mass is 229 g/mol. The lowest BCUT2D eigenvalue weighted by Crippen LogP contribution is -2.46. The molecule has 98 valence electrons. The van der Waals surface area contributed by atoms with Crippen LogP contribution in [0.4, 0.5) is 0 Å². The molecule has 0 amide bonds. The van der Waals surface area contributed by atoms with Crippen molar-refractivity contribution in [3.8, 4) is 0 Å². The first kappa shape index (κ1) is 15.9. The second kappa shape index (κ2) is 6.61. The summed E-state index contributed by atoms with van der Waals surface area (Å²) in [7, 11) is 0. The molecule has 0 radical (unpaired) electrons. The summed E-state index contributed by atoms with van der Waals surface area (Å²) in [5.74, 6) is 1.61. The average molecular weight is 229 g/mol. The Bertz CT molecular complexity index is 175. The standard InChI is InChI=1S/C14H31NO/c1-11(2)8-15(9-12(3)4)10-14(7,16)13(5)6/h11-13,16H,8-10H2,1-7H3. The van der Waals surface area contributed by atoms with E-state index in [2.05, 4.69) is 46.4 Å². The largest absolute Gasteiger partial charge is 0.389 e. The van der Waals surface area contributed by atoms with Crippen LogP contribution in [0.1, 0.15) is 48.5 Å². The second-order valence-electron chi connectivity index (χ2n) is 6.49. The first-order valence-electron chi connectivity index (χ1n) is 6.60. The quantitative estimate of drug-likeness (QED) is 0.725. The van der Waals surface area contributed by atoms with Crippen LogP contribution in [0.5, 0.6) is 0 Å². The van der Waals surface area contributed by atoms with Crippen molar-refractivity contribution in [1.82, 2.24) is 4.90 Å². The molecule has 0 bridgehead atoms. The Morgan fingerprint density at radius 2 is 1.31 bits per heavy atom. The van der Waals surface area contributed by atoms with E-state index in [1.54, 1.807) is 0 Å². The van der Waals surface area contributed by atoms with Crippen LogP contribution in [0.3, 0.4) is 0 Å². The lowest BCUT2D eigenvalue weighted by molar-refractivity contribution is -0.0234. The molecule has 0 aliphatic heterocycles. The molecule has 0 rings (SSSR count). The lowest BCUT2D eigenvalue weighted by Gasteiger charge is -2.36. The number of aliphatic hydroxyl groups is 1. The van der Waals surface area contributed by atoms with Gasteiger partial charge in [0, 0.05) is 19.6 Å². The molecular formula is C14H31NO. The topological polar surface area (TPSA) is 23.5 Å². The van der Waals surface area contributed by atoms with Crippen LogP contribution in [0, 0.1) is 17.8 Å². The fraction of sp³-hybridized carbons (Fsp3) is 1.00. The van der Waals surface area contributed by atoms with Crippen LogP contribution in [-0.2, 0) is 0 Å². The van der Waals surface area contributed by atoms with Crippen LogP contribution < -0.4 is 0 Å². The van der Waals surface area contributed by atoms with E-state index >= 15 is 0 Å². The van der Waals surface area contributed by atoms with Crippen molar-refractivity contribution in [1.29, 1.82) is 0 Å². The molecule has 2 nitrogen and oxygen atoms in total. The smallest absolute Gasteiger partial charge is 0.0768 e. The average Bonchev–Trinajstić information content (AvgIpc) is 1.99. The van der Waals surface area contributed by atoms with E-state index in [1.165, 1.54) is 0 Å². The van der Waals surface area contributed by atoms with E-state index in [-0.39, 0.29) is 0 Å². The summed E-state index contributed by atoms with van der Waals surface area (Å²) in [6, 6.07) is 0. The van der Waals surface area contributed by atoms with Crippen molar-refractivity contribution in [3.63, 3.8) is 0 Å². The number of rotatable bonds is 7. The molecule has 0 aromatic heterocycles. The molecule has 0 aliphatic carbocycles. The molecule has 1 atom stereocenters. The highest BCUT2D eigenvalue weighted by Gasteiger charge is 2.28. The fourth-order valence-corrected chi connectivity index (χ4v) is 1.87. The van der Waals surface area contributed by atoms with Gasteiger partial charge in [-0.15, -0.1) is 0 Å². The third-order valence-corrected chi connectivity index (χ3v) is 3.03. The SMILES string of the molecule is CC(C)CN(CC(C)C)CC(C)(O)C(C)C. The van der Waals surface area contributed by atoms with Gasteiger partial charge >= 0.3 is 0 Å². The first-order valence-corrected chi connectivity index (χ1v) is 6.60. The minimum Gasteiger partial charge on any atom is -0.389 e. The van der Waals surface area contributed by atoms with Gasteiger partial charge in [-0.05, 0) is 24.7 Å². The Labute approximate surface area is 102 Å². The number of hydrogen-bond acceptors (Lipinski definition) is 2. The van der Waals surface area contributed by atoms with E-state index < -0.39 is 5.60 Å². The Morgan fingerprint density at radius 3 is 1.56 bits per heavy atom.